The molecule has 0 radical (unpaired) electrons. The summed E-state index contributed by atoms with van der Waals surface area (Å²) in [6.45, 7) is 1.91. The zero-order valence-electron chi connectivity index (χ0n) is 11.5. The summed E-state index contributed by atoms with van der Waals surface area (Å²) < 4.78 is 1.45. The van der Waals surface area contributed by atoms with Crippen LogP contribution in [-0.2, 0) is 7.05 Å². The number of halogens is 1. The summed E-state index contributed by atoms with van der Waals surface area (Å²) in [5.41, 5.74) is 3.03. The molecule has 3 aromatic rings. The molecular weight excluding hydrogens is 306 g/mol. The Hall–Kier alpha value is -1.98. The highest BCUT2D eigenvalue weighted by Crippen LogP contribution is 2.30. The second kappa shape index (κ2) is 5.42. The molecule has 6 heteroatoms. The molecule has 3 heterocycles. The van der Waals surface area contributed by atoms with Crippen molar-refractivity contribution in [3.8, 4) is 21.7 Å². The Morgan fingerprint density at radius 3 is 2.57 bits per heavy atom. The largest absolute Gasteiger partial charge is 0.301 e. The smallest absolute Gasteiger partial charge is 0.261 e. The molecule has 3 aromatic heterocycles. The van der Waals surface area contributed by atoms with Gasteiger partial charge in [-0.25, -0.2) is 4.98 Å². The van der Waals surface area contributed by atoms with E-state index in [0.717, 1.165) is 16.8 Å². The van der Waals surface area contributed by atoms with Gasteiger partial charge in [-0.15, -0.1) is 11.3 Å². The number of hydrogen-bond acceptors (Lipinski definition) is 4. The maximum atomic E-state index is 12.4. The lowest BCUT2D eigenvalue weighted by molar-refractivity contribution is 0.865. The van der Waals surface area contributed by atoms with Crippen molar-refractivity contribution < 1.29 is 0 Å². The third kappa shape index (κ3) is 2.50. The highest BCUT2D eigenvalue weighted by Gasteiger charge is 2.15. The molecule has 106 valence electrons. The van der Waals surface area contributed by atoms with Gasteiger partial charge in [0.15, 0.2) is 0 Å². The van der Waals surface area contributed by atoms with Crippen molar-refractivity contribution in [2.75, 3.05) is 0 Å². The van der Waals surface area contributed by atoms with E-state index in [-0.39, 0.29) is 5.56 Å². The molecule has 0 aliphatic rings. The second-order valence-electron chi connectivity index (χ2n) is 4.66. The van der Waals surface area contributed by atoms with Gasteiger partial charge >= 0.3 is 0 Å². The lowest BCUT2D eigenvalue weighted by Gasteiger charge is -2.10. The van der Waals surface area contributed by atoms with Gasteiger partial charge in [-0.3, -0.25) is 9.78 Å². The third-order valence-electron chi connectivity index (χ3n) is 3.18. The number of nitrogens with zero attached hydrogens (tertiary/aromatic N) is 3. The molecule has 0 fully saturated rings. The van der Waals surface area contributed by atoms with Crippen LogP contribution in [0.1, 0.15) is 5.69 Å². The van der Waals surface area contributed by atoms with Crippen molar-refractivity contribution in [2.45, 2.75) is 6.92 Å². The van der Waals surface area contributed by atoms with Crippen molar-refractivity contribution in [3.05, 3.63) is 57.2 Å². The van der Waals surface area contributed by atoms with Crippen LogP contribution in [-0.4, -0.2) is 14.5 Å². The van der Waals surface area contributed by atoms with Gasteiger partial charge in [0.05, 0.1) is 5.56 Å². The SMILES string of the molecule is Cc1csc(-c2cc(-c3ccncc3)c(Cl)n(C)c2=O)n1. The van der Waals surface area contributed by atoms with Crippen LogP contribution in [0.15, 0.2) is 40.8 Å². The minimum Gasteiger partial charge on any atom is -0.301 e. The van der Waals surface area contributed by atoms with Gasteiger partial charge in [0, 0.05) is 36.1 Å². The molecule has 0 saturated heterocycles. The molecule has 21 heavy (non-hydrogen) atoms. The Balaban J connectivity index is 2.28. The molecule has 0 N–H and O–H groups in total. The molecule has 0 bridgehead atoms. The molecule has 0 aliphatic heterocycles. The molecular formula is C15H12ClN3OS. The number of rotatable bonds is 2. The molecule has 0 aliphatic carbocycles. The van der Waals surface area contributed by atoms with Gasteiger partial charge in [0.2, 0.25) is 0 Å². The van der Waals surface area contributed by atoms with Crippen LogP contribution in [0.3, 0.4) is 0 Å². The standard InChI is InChI=1S/C15H12ClN3OS/c1-9-8-21-14(18-9)12-7-11(10-3-5-17-6-4-10)13(16)19(2)15(12)20/h3-8H,1-2H3. The molecule has 0 unspecified atom stereocenters. The van der Waals surface area contributed by atoms with Gasteiger partial charge in [0.1, 0.15) is 10.2 Å². The van der Waals surface area contributed by atoms with Gasteiger partial charge < -0.3 is 4.57 Å². The topological polar surface area (TPSA) is 47.8 Å². The summed E-state index contributed by atoms with van der Waals surface area (Å²) >= 11 is 7.78. The maximum Gasteiger partial charge on any atom is 0.261 e. The number of aryl methyl sites for hydroxylation is 1. The average Bonchev–Trinajstić information content (AvgIpc) is 2.92. The Morgan fingerprint density at radius 2 is 1.95 bits per heavy atom. The van der Waals surface area contributed by atoms with Gasteiger partial charge in [-0.2, -0.15) is 0 Å². The van der Waals surface area contributed by atoms with Crippen molar-refractivity contribution in [3.63, 3.8) is 0 Å². The monoisotopic (exact) mass is 317 g/mol. The van der Waals surface area contributed by atoms with Crippen molar-refractivity contribution in [1.29, 1.82) is 0 Å². The lowest BCUT2D eigenvalue weighted by atomic mass is 10.1. The molecule has 0 atom stereocenters. The molecule has 0 amide bonds. The van der Waals surface area contributed by atoms with Gasteiger partial charge in [0.25, 0.3) is 5.56 Å². The number of hydrogen-bond donors (Lipinski definition) is 0. The van der Waals surface area contributed by atoms with Crippen LogP contribution >= 0.6 is 22.9 Å². The van der Waals surface area contributed by atoms with Crippen LogP contribution < -0.4 is 5.56 Å². The van der Waals surface area contributed by atoms with E-state index in [1.165, 1.54) is 15.9 Å². The third-order valence-corrected chi connectivity index (χ3v) is 4.63. The van der Waals surface area contributed by atoms with Crippen molar-refractivity contribution in [1.82, 2.24) is 14.5 Å². The number of pyridine rings is 2. The van der Waals surface area contributed by atoms with E-state index in [1.807, 2.05) is 24.4 Å². The van der Waals surface area contributed by atoms with Crippen LogP contribution in [0.2, 0.25) is 5.15 Å². The summed E-state index contributed by atoms with van der Waals surface area (Å²) in [4.78, 5) is 20.8. The van der Waals surface area contributed by atoms with Crippen LogP contribution in [0.5, 0.6) is 0 Å². The van der Waals surface area contributed by atoms with Crippen molar-refractivity contribution in [2.24, 2.45) is 7.05 Å². The fourth-order valence-corrected chi connectivity index (χ4v) is 3.13. The van der Waals surface area contributed by atoms with Gasteiger partial charge in [-0.05, 0) is 30.7 Å². The lowest BCUT2D eigenvalue weighted by Crippen LogP contribution is -2.19. The average molecular weight is 318 g/mol. The highest BCUT2D eigenvalue weighted by atomic mass is 35.5. The molecule has 3 rings (SSSR count). The van der Waals surface area contributed by atoms with Gasteiger partial charge in [-0.1, -0.05) is 11.6 Å². The quantitative estimate of drug-likeness (QED) is 0.679. The molecule has 4 nitrogen and oxygen atoms in total. The van der Waals surface area contributed by atoms with Crippen LogP contribution in [0, 0.1) is 6.92 Å². The highest BCUT2D eigenvalue weighted by molar-refractivity contribution is 7.13. The first-order valence-corrected chi connectivity index (χ1v) is 7.56. The molecule has 0 spiro atoms. The van der Waals surface area contributed by atoms with E-state index in [0.29, 0.717) is 15.7 Å². The fraction of sp³-hybridized carbons (Fsp3) is 0.133. The Labute approximate surface area is 130 Å². The Morgan fingerprint density at radius 1 is 1.24 bits per heavy atom. The summed E-state index contributed by atoms with van der Waals surface area (Å²) in [6.07, 6.45) is 3.40. The summed E-state index contributed by atoms with van der Waals surface area (Å²) in [6, 6.07) is 5.53. The van der Waals surface area contributed by atoms with Crippen molar-refractivity contribution >= 4 is 22.9 Å². The van der Waals surface area contributed by atoms with E-state index in [2.05, 4.69) is 9.97 Å². The second-order valence-corrected chi connectivity index (χ2v) is 5.87. The van der Waals surface area contributed by atoms with Crippen LogP contribution in [0.4, 0.5) is 0 Å². The van der Waals surface area contributed by atoms with E-state index in [4.69, 9.17) is 11.6 Å². The first-order valence-electron chi connectivity index (χ1n) is 6.30. The van der Waals surface area contributed by atoms with E-state index < -0.39 is 0 Å². The first-order chi connectivity index (χ1) is 10.1. The maximum absolute atomic E-state index is 12.4. The Bertz CT molecular complexity index is 855. The fourth-order valence-electron chi connectivity index (χ4n) is 2.08. The Kier molecular flexibility index (Phi) is 3.61. The minimum absolute atomic E-state index is 0.146. The predicted molar refractivity (Wildman–Crippen MR) is 85.8 cm³/mol. The molecule has 0 saturated carbocycles. The first kappa shape index (κ1) is 14.0. The summed E-state index contributed by atoms with van der Waals surface area (Å²) in [5.74, 6) is 0. The van der Waals surface area contributed by atoms with E-state index >= 15 is 0 Å². The van der Waals surface area contributed by atoms with E-state index in [9.17, 15) is 4.79 Å². The normalized spacial score (nSPS) is 10.8. The summed E-state index contributed by atoms with van der Waals surface area (Å²) in [5, 5.41) is 3.04. The zero-order chi connectivity index (χ0) is 15.0. The minimum atomic E-state index is -0.146. The number of aromatic nitrogens is 3. The number of thiazole rings is 1. The molecule has 0 aromatic carbocycles. The van der Waals surface area contributed by atoms with Crippen LogP contribution in [0.25, 0.3) is 21.7 Å². The van der Waals surface area contributed by atoms with E-state index in [1.54, 1.807) is 25.5 Å². The zero-order valence-corrected chi connectivity index (χ0v) is 13.1. The predicted octanol–water partition coefficient (Wildman–Crippen LogP) is 3.53. The summed E-state index contributed by atoms with van der Waals surface area (Å²) in [7, 11) is 1.67.